The largest absolute Gasteiger partial charge is 0.395 e. The van der Waals surface area contributed by atoms with Crippen LogP contribution in [0, 0.1) is 10.8 Å². The molecule has 0 amide bonds. The van der Waals surface area contributed by atoms with Gasteiger partial charge in [-0.15, -0.1) is 0 Å². The molecule has 3 aliphatic rings. The van der Waals surface area contributed by atoms with E-state index in [9.17, 15) is 20.4 Å². The number of aliphatic hydroxyl groups excluding tert-OH is 1. The molecular weight excluding hydrogens is 268 g/mol. The molecule has 1 fully saturated rings. The summed E-state index contributed by atoms with van der Waals surface area (Å²) in [6.07, 6.45) is 3.37. The van der Waals surface area contributed by atoms with Gasteiger partial charge in [0, 0.05) is 10.8 Å². The van der Waals surface area contributed by atoms with Gasteiger partial charge in [0.2, 0.25) is 0 Å². The lowest BCUT2D eigenvalue weighted by Crippen LogP contribution is -2.61. The lowest BCUT2D eigenvalue weighted by Gasteiger charge is -2.52. The predicted octanol–water partition coefficient (Wildman–Crippen LogP) is 1.29. The van der Waals surface area contributed by atoms with Crippen molar-refractivity contribution in [3.8, 4) is 0 Å². The molecule has 4 heteroatoms. The molecule has 0 bridgehead atoms. The first-order valence-corrected chi connectivity index (χ1v) is 7.63. The van der Waals surface area contributed by atoms with Crippen molar-refractivity contribution >= 4 is 0 Å². The van der Waals surface area contributed by atoms with Crippen LogP contribution in [0.15, 0.2) is 22.8 Å². The Labute approximate surface area is 125 Å². The summed E-state index contributed by atoms with van der Waals surface area (Å²) in [7, 11) is 0. The average Bonchev–Trinajstić information content (AvgIpc) is 3.13. The van der Waals surface area contributed by atoms with Crippen molar-refractivity contribution in [3.05, 3.63) is 22.8 Å². The molecule has 3 rings (SSSR count). The summed E-state index contributed by atoms with van der Waals surface area (Å²) in [6, 6.07) is 0. The molecule has 118 valence electrons. The second-order valence-electron chi connectivity index (χ2n) is 7.93. The third kappa shape index (κ3) is 1.36. The molecule has 4 nitrogen and oxygen atoms in total. The first-order valence-electron chi connectivity index (χ1n) is 7.63. The van der Waals surface area contributed by atoms with Crippen molar-refractivity contribution in [1.82, 2.24) is 0 Å². The fourth-order valence-corrected chi connectivity index (χ4v) is 4.55. The van der Waals surface area contributed by atoms with Gasteiger partial charge in [-0.25, -0.2) is 0 Å². The summed E-state index contributed by atoms with van der Waals surface area (Å²) in [6.45, 7) is 8.50. The third-order valence-corrected chi connectivity index (χ3v) is 6.91. The molecule has 4 N–H and O–H groups in total. The summed E-state index contributed by atoms with van der Waals surface area (Å²) in [5, 5.41) is 43.0. The molecule has 0 radical (unpaired) electrons. The normalized spacial score (nSPS) is 51.2. The number of hydrogen-bond acceptors (Lipinski definition) is 4. The van der Waals surface area contributed by atoms with E-state index in [0.717, 1.165) is 18.4 Å². The number of fused-ring (bicyclic) bond motifs is 1. The van der Waals surface area contributed by atoms with Crippen LogP contribution in [0.1, 0.15) is 47.5 Å². The first kappa shape index (κ1) is 15.2. The van der Waals surface area contributed by atoms with Gasteiger partial charge in [0.25, 0.3) is 0 Å². The van der Waals surface area contributed by atoms with Crippen LogP contribution in [-0.2, 0) is 0 Å². The van der Waals surface area contributed by atoms with E-state index in [4.69, 9.17) is 0 Å². The van der Waals surface area contributed by atoms with Gasteiger partial charge in [0.15, 0.2) is 0 Å². The van der Waals surface area contributed by atoms with E-state index in [2.05, 4.69) is 0 Å². The summed E-state index contributed by atoms with van der Waals surface area (Å²) >= 11 is 0. The van der Waals surface area contributed by atoms with Crippen LogP contribution in [0.4, 0.5) is 0 Å². The van der Waals surface area contributed by atoms with Crippen LogP contribution in [-0.4, -0.2) is 43.8 Å². The van der Waals surface area contributed by atoms with Gasteiger partial charge in [-0.1, -0.05) is 18.6 Å². The molecule has 0 saturated heterocycles. The van der Waals surface area contributed by atoms with E-state index in [-0.39, 0.29) is 6.61 Å². The monoisotopic (exact) mass is 294 g/mol. The molecule has 4 unspecified atom stereocenters. The van der Waals surface area contributed by atoms with E-state index < -0.39 is 27.6 Å². The van der Waals surface area contributed by atoms with Crippen LogP contribution in [0.2, 0.25) is 0 Å². The quantitative estimate of drug-likeness (QED) is 0.587. The zero-order valence-corrected chi connectivity index (χ0v) is 13.5. The second-order valence-corrected chi connectivity index (χ2v) is 7.93. The van der Waals surface area contributed by atoms with E-state index in [0.29, 0.717) is 11.1 Å². The van der Waals surface area contributed by atoms with Gasteiger partial charge in [-0.3, -0.25) is 0 Å². The fraction of sp³-hybridized carbons (Fsp3) is 0.765. The van der Waals surface area contributed by atoms with Crippen LogP contribution in [0.25, 0.3) is 0 Å². The Kier molecular flexibility index (Phi) is 2.62. The van der Waals surface area contributed by atoms with Gasteiger partial charge in [0.1, 0.15) is 11.2 Å². The van der Waals surface area contributed by atoms with Gasteiger partial charge in [-0.05, 0) is 51.7 Å². The Balaban J connectivity index is 2.35. The SMILES string of the molecule is CC1=C2C(=CC(C)(CO)C2(C)O)C(C)(O)C(C)(O)C12CC2. The molecule has 1 saturated carbocycles. The average molecular weight is 294 g/mol. The van der Waals surface area contributed by atoms with Crippen LogP contribution < -0.4 is 0 Å². The van der Waals surface area contributed by atoms with Crippen molar-refractivity contribution in [2.75, 3.05) is 6.61 Å². The number of rotatable bonds is 1. The Morgan fingerprint density at radius 2 is 1.52 bits per heavy atom. The van der Waals surface area contributed by atoms with Crippen molar-refractivity contribution in [3.63, 3.8) is 0 Å². The van der Waals surface area contributed by atoms with Crippen molar-refractivity contribution in [2.45, 2.75) is 64.3 Å². The van der Waals surface area contributed by atoms with E-state index in [1.54, 1.807) is 33.8 Å². The smallest absolute Gasteiger partial charge is 0.116 e. The standard InChI is InChI=1S/C17H26O4/c1-10-12-11(8-13(2,9-18)15(12,4)20)14(3,19)16(5,21)17(10)6-7-17/h8,18-21H,6-7,9H2,1-5H3. The molecule has 3 aliphatic carbocycles. The van der Waals surface area contributed by atoms with Crippen LogP contribution in [0.5, 0.6) is 0 Å². The highest BCUT2D eigenvalue weighted by atomic mass is 16.4. The van der Waals surface area contributed by atoms with Crippen LogP contribution in [0.3, 0.4) is 0 Å². The van der Waals surface area contributed by atoms with Crippen molar-refractivity contribution in [1.29, 1.82) is 0 Å². The van der Waals surface area contributed by atoms with E-state index in [1.807, 2.05) is 6.92 Å². The maximum Gasteiger partial charge on any atom is 0.116 e. The Hall–Kier alpha value is -0.680. The lowest BCUT2D eigenvalue weighted by atomic mass is 9.59. The third-order valence-electron chi connectivity index (χ3n) is 6.91. The molecule has 21 heavy (non-hydrogen) atoms. The summed E-state index contributed by atoms with van der Waals surface area (Å²) in [4.78, 5) is 0. The van der Waals surface area contributed by atoms with Gasteiger partial charge in [-0.2, -0.15) is 0 Å². The minimum absolute atomic E-state index is 0.217. The summed E-state index contributed by atoms with van der Waals surface area (Å²) in [5.74, 6) is 0. The number of hydrogen-bond donors (Lipinski definition) is 4. The molecule has 0 aromatic carbocycles. The highest BCUT2D eigenvalue weighted by Gasteiger charge is 2.71. The van der Waals surface area contributed by atoms with E-state index in [1.165, 1.54) is 0 Å². The minimum Gasteiger partial charge on any atom is -0.395 e. The summed E-state index contributed by atoms with van der Waals surface area (Å²) in [5.41, 5.74) is -3.10. The Bertz CT molecular complexity index is 576. The molecule has 0 aliphatic heterocycles. The van der Waals surface area contributed by atoms with Gasteiger partial charge >= 0.3 is 0 Å². The second kappa shape index (κ2) is 3.62. The van der Waals surface area contributed by atoms with Crippen molar-refractivity contribution < 1.29 is 20.4 Å². The zero-order valence-electron chi connectivity index (χ0n) is 13.5. The minimum atomic E-state index is -1.45. The predicted molar refractivity (Wildman–Crippen MR) is 79.5 cm³/mol. The zero-order chi connectivity index (χ0) is 16.1. The number of aliphatic hydroxyl groups is 4. The molecule has 4 atom stereocenters. The highest BCUT2D eigenvalue weighted by molar-refractivity contribution is 5.62. The van der Waals surface area contributed by atoms with Crippen LogP contribution >= 0.6 is 0 Å². The molecular formula is C17H26O4. The lowest BCUT2D eigenvalue weighted by molar-refractivity contribution is -0.148. The summed E-state index contributed by atoms with van der Waals surface area (Å²) < 4.78 is 0. The fourth-order valence-electron chi connectivity index (χ4n) is 4.55. The molecule has 0 aromatic heterocycles. The topological polar surface area (TPSA) is 80.9 Å². The molecule has 0 aromatic rings. The molecule has 0 heterocycles. The Morgan fingerprint density at radius 1 is 1.00 bits per heavy atom. The van der Waals surface area contributed by atoms with Crippen molar-refractivity contribution in [2.24, 2.45) is 10.8 Å². The molecule has 1 spiro atoms. The van der Waals surface area contributed by atoms with E-state index >= 15 is 0 Å². The van der Waals surface area contributed by atoms with Gasteiger partial charge < -0.3 is 20.4 Å². The highest BCUT2D eigenvalue weighted by Crippen LogP contribution is 2.70. The van der Waals surface area contributed by atoms with Gasteiger partial charge in [0.05, 0.1) is 12.2 Å². The maximum atomic E-state index is 11.1. The first-order chi connectivity index (χ1) is 9.39. The maximum absolute atomic E-state index is 11.1. The Morgan fingerprint density at radius 3 is 1.95 bits per heavy atom.